The summed E-state index contributed by atoms with van der Waals surface area (Å²) in [6, 6.07) is 22.6. The molecule has 0 saturated carbocycles. The molecule has 1 heterocycles. The summed E-state index contributed by atoms with van der Waals surface area (Å²) in [6.45, 7) is -0.0951. The molecule has 1 amide bonds. The third kappa shape index (κ3) is 4.33. The second-order valence-electron chi connectivity index (χ2n) is 7.23. The van der Waals surface area contributed by atoms with E-state index in [-0.39, 0.29) is 17.3 Å². The van der Waals surface area contributed by atoms with Gasteiger partial charge in [0.1, 0.15) is 11.0 Å². The fourth-order valence-electron chi connectivity index (χ4n) is 3.61. The molecule has 1 N–H and O–H groups in total. The van der Waals surface area contributed by atoms with E-state index < -0.39 is 15.1 Å². The summed E-state index contributed by atoms with van der Waals surface area (Å²) >= 11 is 0. The van der Waals surface area contributed by atoms with Gasteiger partial charge in [0.25, 0.3) is 5.91 Å². The van der Waals surface area contributed by atoms with Crippen LogP contribution in [0.5, 0.6) is 5.75 Å². The zero-order valence-electron chi connectivity index (χ0n) is 17.4. The second-order valence-corrected chi connectivity index (χ2v) is 9.36. The van der Waals surface area contributed by atoms with Crippen LogP contribution in [0.25, 0.3) is 10.8 Å². The Kier molecular flexibility index (Phi) is 6.18. The number of ether oxygens (including phenoxy) is 1. The molecule has 0 bridgehead atoms. The van der Waals surface area contributed by atoms with Gasteiger partial charge < -0.3 is 10.1 Å². The quantitative estimate of drug-likeness (QED) is 0.460. The molecule has 0 spiro atoms. The SMILES string of the molecule is COc1ccc(S(=O)(=O)C(CNC(=O)c2cccc3ccccc23)c2cccnc2)cc1. The number of fused-ring (bicyclic) bond motifs is 1. The van der Waals surface area contributed by atoms with E-state index >= 15 is 0 Å². The number of carbonyl (C=O) groups excluding carboxylic acids is 1. The van der Waals surface area contributed by atoms with Crippen molar-refractivity contribution >= 4 is 26.5 Å². The van der Waals surface area contributed by atoms with Crippen LogP contribution in [0.2, 0.25) is 0 Å². The molecule has 1 aromatic heterocycles. The maximum absolute atomic E-state index is 13.5. The van der Waals surface area contributed by atoms with Crippen molar-refractivity contribution in [1.82, 2.24) is 10.3 Å². The molecule has 0 saturated heterocycles. The summed E-state index contributed by atoms with van der Waals surface area (Å²) in [5.74, 6) is 0.228. The van der Waals surface area contributed by atoms with Crippen LogP contribution in [-0.4, -0.2) is 33.0 Å². The van der Waals surface area contributed by atoms with Crippen molar-refractivity contribution in [3.63, 3.8) is 0 Å². The minimum Gasteiger partial charge on any atom is -0.497 e. The molecule has 1 unspecified atom stereocenters. The summed E-state index contributed by atoms with van der Waals surface area (Å²) in [7, 11) is -2.29. The molecule has 0 fully saturated rings. The molecule has 0 aliphatic carbocycles. The third-order valence-electron chi connectivity index (χ3n) is 5.30. The molecule has 162 valence electrons. The molecule has 3 aromatic carbocycles. The largest absolute Gasteiger partial charge is 0.497 e. The summed E-state index contributed by atoms with van der Waals surface area (Å²) in [4.78, 5) is 17.2. The first-order valence-electron chi connectivity index (χ1n) is 10.0. The monoisotopic (exact) mass is 446 g/mol. The molecular formula is C25H22N2O4S. The number of hydrogen-bond donors (Lipinski definition) is 1. The lowest BCUT2D eigenvalue weighted by Crippen LogP contribution is -2.32. The number of rotatable bonds is 7. The number of nitrogens with zero attached hydrogens (tertiary/aromatic N) is 1. The molecule has 4 rings (SSSR count). The number of benzene rings is 3. The van der Waals surface area contributed by atoms with Gasteiger partial charge in [-0.05, 0) is 52.7 Å². The molecular weight excluding hydrogens is 424 g/mol. The maximum atomic E-state index is 13.5. The molecule has 1 atom stereocenters. The Bertz CT molecular complexity index is 1330. The van der Waals surface area contributed by atoms with E-state index in [9.17, 15) is 13.2 Å². The van der Waals surface area contributed by atoms with Gasteiger partial charge in [-0.25, -0.2) is 8.42 Å². The Hall–Kier alpha value is -3.71. The number of methoxy groups -OCH3 is 1. The summed E-state index contributed by atoms with van der Waals surface area (Å²) in [5, 5.41) is 3.57. The first kappa shape index (κ1) is 21.5. The van der Waals surface area contributed by atoms with Crippen LogP contribution < -0.4 is 10.1 Å². The van der Waals surface area contributed by atoms with E-state index in [0.29, 0.717) is 16.9 Å². The van der Waals surface area contributed by atoms with Gasteiger partial charge in [0, 0.05) is 24.5 Å². The Morgan fingerprint density at radius 1 is 0.969 bits per heavy atom. The van der Waals surface area contributed by atoms with Crippen molar-refractivity contribution in [2.45, 2.75) is 10.1 Å². The number of sulfone groups is 1. The van der Waals surface area contributed by atoms with E-state index in [1.165, 1.54) is 25.4 Å². The van der Waals surface area contributed by atoms with Gasteiger partial charge in [0.05, 0.1) is 12.0 Å². The Labute approximate surface area is 186 Å². The molecule has 4 aromatic rings. The van der Waals surface area contributed by atoms with Crippen molar-refractivity contribution in [3.8, 4) is 5.75 Å². The van der Waals surface area contributed by atoms with Crippen molar-refractivity contribution in [1.29, 1.82) is 0 Å². The molecule has 0 aliphatic rings. The zero-order chi connectivity index (χ0) is 22.6. The number of nitrogens with one attached hydrogen (secondary N) is 1. The van der Waals surface area contributed by atoms with E-state index in [1.54, 1.807) is 36.5 Å². The smallest absolute Gasteiger partial charge is 0.251 e. The predicted molar refractivity (Wildman–Crippen MR) is 123 cm³/mol. The highest BCUT2D eigenvalue weighted by Crippen LogP contribution is 2.29. The van der Waals surface area contributed by atoms with Gasteiger partial charge in [0.2, 0.25) is 0 Å². The molecule has 7 heteroatoms. The molecule has 0 radical (unpaired) electrons. The number of hydrogen-bond acceptors (Lipinski definition) is 5. The summed E-state index contributed by atoms with van der Waals surface area (Å²) < 4.78 is 32.1. The van der Waals surface area contributed by atoms with E-state index in [2.05, 4.69) is 10.3 Å². The Morgan fingerprint density at radius 3 is 2.44 bits per heavy atom. The van der Waals surface area contributed by atoms with Crippen molar-refractivity contribution in [2.75, 3.05) is 13.7 Å². The fraction of sp³-hybridized carbons (Fsp3) is 0.120. The highest BCUT2D eigenvalue weighted by atomic mass is 32.2. The van der Waals surface area contributed by atoms with Gasteiger partial charge in [-0.1, -0.05) is 42.5 Å². The van der Waals surface area contributed by atoms with Crippen LogP contribution in [0.3, 0.4) is 0 Å². The van der Waals surface area contributed by atoms with Crippen LogP contribution in [0.4, 0.5) is 0 Å². The van der Waals surface area contributed by atoms with Gasteiger partial charge in [-0.2, -0.15) is 0 Å². The average molecular weight is 447 g/mol. The molecule has 0 aliphatic heterocycles. The number of carbonyl (C=O) groups is 1. The second kappa shape index (κ2) is 9.20. The number of aromatic nitrogens is 1. The van der Waals surface area contributed by atoms with E-state index in [4.69, 9.17) is 4.74 Å². The number of amides is 1. The summed E-state index contributed by atoms with van der Waals surface area (Å²) in [6.07, 6.45) is 3.09. The van der Waals surface area contributed by atoms with Gasteiger partial charge in [-0.3, -0.25) is 9.78 Å². The normalized spacial score (nSPS) is 12.3. The minimum absolute atomic E-state index is 0.0951. The standard InChI is InChI=1S/C25H22N2O4S/c1-31-20-11-13-21(14-12-20)32(29,30)24(19-8-5-15-26-16-19)17-27-25(28)23-10-4-7-18-6-2-3-9-22(18)23/h2-16,24H,17H2,1H3,(H,27,28). The van der Waals surface area contributed by atoms with Gasteiger partial charge in [0.15, 0.2) is 9.84 Å². The van der Waals surface area contributed by atoms with Crippen molar-refractivity contribution in [2.24, 2.45) is 0 Å². The lowest BCUT2D eigenvalue weighted by Gasteiger charge is -2.19. The first-order valence-corrected chi connectivity index (χ1v) is 11.6. The van der Waals surface area contributed by atoms with Crippen molar-refractivity contribution in [3.05, 3.63) is 102 Å². The first-order chi connectivity index (χ1) is 15.5. The van der Waals surface area contributed by atoms with E-state index in [0.717, 1.165) is 10.8 Å². The van der Waals surface area contributed by atoms with E-state index in [1.807, 2.05) is 36.4 Å². The van der Waals surface area contributed by atoms with Crippen molar-refractivity contribution < 1.29 is 17.9 Å². The summed E-state index contributed by atoms with van der Waals surface area (Å²) in [5.41, 5.74) is 0.997. The maximum Gasteiger partial charge on any atom is 0.251 e. The predicted octanol–water partition coefficient (Wildman–Crippen LogP) is 4.19. The number of pyridine rings is 1. The third-order valence-corrected chi connectivity index (χ3v) is 7.42. The Balaban J connectivity index is 1.65. The lowest BCUT2D eigenvalue weighted by molar-refractivity contribution is 0.0955. The Morgan fingerprint density at radius 2 is 1.72 bits per heavy atom. The van der Waals surface area contributed by atoms with Crippen LogP contribution in [0, 0.1) is 0 Å². The van der Waals surface area contributed by atoms with Gasteiger partial charge in [-0.15, -0.1) is 0 Å². The average Bonchev–Trinajstić information content (AvgIpc) is 2.84. The highest BCUT2D eigenvalue weighted by molar-refractivity contribution is 7.91. The molecule has 32 heavy (non-hydrogen) atoms. The van der Waals surface area contributed by atoms with Crippen LogP contribution in [0.1, 0.15) is 21.2 Å². The van der Waals surface area contributed by atoms with Crippen LogP contribution in [-0.2, 0) is 9.84 Å². The lowest BCUT2D eigenvalue weighted by atomic mass is 10.0. The zero-order valence-corrected chi connectivity index (χ0v) is 18.2. The van der Waals surface area contributed by atoms with Crippen LogP contribution >= 0.6 is 0 Å². The molecule has 6 nitrogen and oxygen atoms in total. The fourth-order valence-corrected chi connectivity index (χ4v) is 5.25. The minimum atomic E-state index is -3.81. The topological polar surface area (TPSA) is 85.4 Å². The van der Waals surface area contributed by atoms with Gasteiger partial charge >= 0.3 is 0 Å². The van der Waals surface area contributed by atoms with Crippen LogP contribution in [0.15, 0.2) is 96.2 Å². The highest BCUT2D eigenvalue weighted by Gasteiger charge is 2.30.